The maximum Gasteiger partial charge on any atom is 0.329 e. The van der Waals surface area contributed by atoms with Gasteiger partial charge in [-0.1, -0.05) is 54.6 Å². The van der Waals surface area contributed by atoms with Crippen molar-refractivity contribution in [3.05, 3.63) is 77.4 Å². The van der Waals surface area contributed by atoms with E-state index in [1.807, 2.05) is 30.3 Å². The first-order valence-electron chi connectivity index (χ1n) is 10.2. The number of rotatable bonds is 7. The predicted molar refractivity (Wildman–Crippen MR) is 116 cm³/mol. The Kier molecular flexibility index (Phi) is 5.78. The Labute approximate surface area is 189 Å². The van der Waals surface area contributed by atoms with Crippen molar-refractivity contribution in [3.63, 3.8) is 0 Å². The lowest BCUT2D eigenvalue weighted by atomic mass is 9.89. The molecule has 0 aliphatic carbocycles. The topological polar surface area (TPSA) is 127 Å². The van der Waals surface area contributed by atoms with E-state index in [1.54, 1.807) is 24.3 Å². The normalized spacial score (nSPS) is 20.6. The van der Waals surface area contributed by atoms with E-state index in [4.69, 9.17) is 10.5 Å². The molecule has 2 N–H and O–H groups in total. The zero-order valence-electron chi connectivity index (χ0n) is 17.7. The second kappa shape index (κ2) is 8.70. The number of carbonyl (C=O) groups is 5. The van der Waals surface area contributed by atoms with Gasteiger partial charge in [0.2, 0.25) is 11.8 Å². The third-order valence-corrected chi connectivity index (χ3v) is 5.74. The number of hydrogen-bond donors (Lipinski definition) is 1. The first-order valence-corrected chi connectivity index (χ1v) is 10.2. The van der Waals surface area contributed by atoms with Gasteiger partial charge < -0.3 is 15.4 Å². The van der Waals surface area contributed by atoms with Gasteiger partial charge in [-0.25, -0.2) is 4.79 Å². The van der Waals surface area contributed by atoms with Gasteiger partial charge >= 0.3 is 5.97 Å². The van der Waals surface area contributed by atoms with Crippen LogP contribution in [0.1, 0.15) is 32.7 Å². The van der Waals surface area contributed by atoms with Crippen molar-refractivity contribution in [2.45, 2.75) is 24.5 Å². The van der Waals surface area contributed by atoms with Crippen molar-refractivity contribution >= 4 is 35.7 Å². The molecule has 3 atom stereocenters. The van der Waals surface area contributed by atoms with E-state index in [0.29, 0.717) is 0 Å². The highest BCUT2D eigenvalue weighted by Gasteiger charge is 2.58. The highest BCUT2D eigenvalue weighted by Crippen LogP contribution is 2.35. The fraction of sp³-hybridized carbons (Fsp3) is 0.208. The second-order valence-electron chi connectivity index (χ2n) is 7.69. The molecule has 2 aromatic rings. The molecule has 0 spiro atoms. The van der Waals surface area contributed by atoms with Gasteiger partial charge in [0.1, 0.15) is 12.1 Å². The van der Waals surface area contributed by atoms with Gasteiger partial charge in [-0.3, -0.25) is 24.1 Å². The minimum Gasteiger partial charge on any atom is -0.467 e. The molecule has 0 aromatic heterocycles. The van der Waals surface area contributed by atoms with E-state index in [0.717, 1.165) is 22.5 Å². The number of benzene rings is 2. The molecule has 9 heteroatoms. The smallest absolute Gasteiger partial charge is 0.329 e. The largest absolute Gasteiger partial charge is 0.467 e. The summed E-state index contributed by atoms with van der Waals surface area (Å²) in [7, 11) is 1.14. The molecule has 4 rings (SSSR count). The lowest BCUT2D eigenvalue weighted by Crippen LogP contribution is -2.74. The van der Waals surface area contributed by atoms with E-state index in [-0.39, 0.29) is 11.1 Å². The van der Waals surface area contributed by atoms with Crippen molar-refractivity contribution in [1.29, 1.82) is 0 Å². The molecule has 9 nitrogen and oxygen atoms in total. The second-order valence-corrected chi connectivity index (χ2v) is 7.69. The monoisotopic (exact) mass is 447 g/mol. The Balaban J connectivity index is 1.72. The Hall–Kier alpha value is -4.27. The summed E-state index contributed by atoms with van der Waals surface area (Å²) in [5.41, 5.74) is 6.52. The van der Waals surface area contributed by atoms with Gasteiger partial charge in [0.15, 0.2) is 0 Å². The summed E-state index contributed by atoms with van der Waals surface area (Å²) in [6.07, 6.45) is 2.89. The van der Waals surface area contributed by atoms with E-state index < -0.39 is 54.1 Å². The maximum absolute atomic E-state index is 13.2. The van der Waals surface area contributed by atoms with Crippen LogP contribution in [0.3, 0.4) is 0 Å². The molecular weight excluding hydrogens is 426 g/mol. The number of methoxy groups -OCH3 is 1. The van der Waals surface area contributed by atoms with Gasteiger partial charge in [0.05, 0.1) is 30.7 Å². The minimum absolute atomic E-state index is 0.209. The van der Waals surface area contributed by atoms with Crippen LogP contribution in [0.25, 0.3) is 6.08 Å². The molecule has 2 aliphatic rings. The molecule has 4 amide bonds. The molecule has 2 heterocycles. The van der Waals surface area contributed by atoms with E-state index in [9.17, 15) is 24.0 Å². The van der Waals surface area contributed by atoms with Crippen LogP contribution in [0.15, 0.2) is 60.7 Å². The summed E-state index contributed by atoms with van der Waals surface area (Å²) < 4.78 is 4.77. The lowest BCUT2D eigenvalue weighted by molar-refractivity contribution is -0.168. The van der Waals surface area contributed by atoms with Crippen LogP contribution >= 0.6 is 0 Å². The standard InChI is InChI=1S/C24H21N3O6/c1-33-24(32)18(13-19(25)28)26-17(12-11-14-7-3-2-4-8-14)20(23(26)31)27-21(29)15-9-5-6-10-16(15)22(27)30/h2-12,17-18,20H,13H2,1H3,(H2,25,28)/t17-,18+,20+/m1/s1. The summed E-state index contributed by atoms with van der Waals surface area (Å²) in [6.45, 7) is 0. The third kappa shape index (κ3) is 3.78. The van der Waals surface area contributed by atoms with Crippen LogP contribution in [-0.2, 0) is 19.1 Å². The van der Waals surface area contributed by atoms with Gasteiger partial charge in [0.25, 0.3) is 11.8 Å². The van der Waals surface area contributed by atoms with Gasteiger partial charge in [-0.05, 0) is 17.7 Å². The zero-order chi connectivity index (χ0) is 23.7. The van der Waals surface area contributed by atoms with E-state index in [2.05, 4.69) is 0 Å². The summed E-state index contributed by atoms with van der Waals surface area (Å²) in [4.78, 5) is 65.3. The predicted octanol–water partition coefficient (Wildman–Crippen LogP) is 0.992. The molecule has 2 aromatic carbocycles. The Morgan fingerprint density at radius 1 is 1.00 bits per heavy atom. The highest BCUT2D eigenvalue weighted by molar-refractivity contribution is 6.23. The first kappa shape index (κ1) is 21.9. The number of carbonyl (C=O) groups excluding carboxylic acids is 5. The molecule has 0 radical (unpaired) electrons. The number of likely N-dealkylation sites (tertiary alicyclic amines) is 1. The zero-order valence-corrected chi connectivity index (χ0v) is 17.7. The number of esters is 1. The number of β-lactam (4-membered cyclic amide) rings is 1. The fourth-order valence-corrected chi connectivity index (χ4v) is 4.19. The van der Waals surface area contributed by atoms with Crippen molar-refractivity contribution in [1.82, 2.24) is 9.80 Å². The van der Waals surface area contributed by atoms with Gasteiger partial charge in [0, 0.05) is 0 Å². The molecule has 168 valence electrons. The van der Waals surface area contributed by atoms with Crippen LogP contribution in [-0.4, -0.2) is 64.6 Å². The highest BCUT2D eigenvalue weighted by atomic mass is 16.5. The van der Waals surface area contributed by atoms with Crippen LogP contribution in [0.2, 0.25) is 0 Å². The van der Waals surface area contributed by atoms with Crippen LogP contribution < -0.4 is 5.73 Å². The fourth-order valence-electron chi connectivity index (χ4n) is 4.19. The average molecular weight is 447 g/mol. The lowest BCUT2D eigenvalue weighted by Gasteiger charge is -2.50. The molecule has 33 heavy (non-hydrogen) atoms. The molecule has 0 saturated carbocycles. The van der Waals surface area contributed by atoms with Crippen molar-refractivity contribution < 1.29 is 28.7 Å². The summed E-state index contributed by atoms with van der Waals surface area (Å²) in [6, 6.07) is 12.2. The summed E-state index contributed by atoms with van der Waals surface area (Å²) in [5, 5.41) is 0. The number of nitrogens with two attached hydrogens (primary N) is 1. The molecule has 0 bridgehead atoms. The number of primary amides is 1. The number of imide groups is 1. The first-order chi connectivity index (χ1) is 15.8. The Morgan fingerprint density at radius 3 is 2.12 bits per heavy atom. The Bertz CT molecular complexity index is 1140. The van der Waals surface area contributed by atoms with Crippen LogP contribution in [0.4, 0.5) is 0 Å². The molecule has 2 aliphatic heterocycles. The number of nitrogens with zero attached hydrogens (tertiary/aromatic N) is 2. The maximum atomic E-state index is 13.2. The number of amides is 4. The van der Waals surface area contributed by atoms with E-state index >= 15 is 0 Å². The van der Waals surface area contributed by atoms with Crippen molar-refractivity contribution in [2.75, 3.05) is 7.11 Å². The molecule has 1 saturated heterocycles. The SMILES string of the molecule is COC(=O)[C@H](CC(N)=O)N1C(=O)[C@@H](N2C(=O)c3ccccc3C2=O)[C@H]1C=Cc1ccccc1. The van der Waals surface area contributed by atoms with Gasteiger partial charge in [-0.2, -0.15) is 0 Å². The third-order valence-electron chi connectivity index (χ3n) is 5.74. The average Bonchev–Trinajstić information content (AvgIpc) is 3.06. The van der Waals surface area contributed by atoms with Crippen LogP contribution in [0.5, 0.6) is 0 Å². The summed E-state index contributed by atoms with van der Waals surface area (Å²) in [5.74, 6) is -3.44. The van der Waals surface area contributed by atoms with E-state index in [1.165, 1.54) is 12.1 Å². The molecule has 0 unspecified atom stereocenters. The molecule has 1 fully saturated rings. The Morgan fingerprint density at radius 2 is 1.58 bits per heavy atom. The quantitative estimate of drug-likeness (QED) is 0.383. The minimum atomic E-state index is -1.28. The number of hydrogen-bond acceptors (Lipinski definition) is 6. The number of ether oxygens (including phenoxy) is 1. The van der Waals surface area contributed by atoms with Crippen molar-refractivity contribution in [2.24, 2.45) is 5.73 Å². The van der Waals surface area contributed by atoms with Gasteiger partial charge in [-0.15, -0.1) is 0 Å². The summed E-state index contributed by atoms with van der Waals surface area (Å²) >= 11 is 0. The van der Waals surface area contributed by atoms with Crippen molar-refractivity contribution in [3.8, 4) is 0 Å². The number of fused-ring (bicyclic) bond motifs is 1. The van der Waals surface area contributed by atoms with Crippen LogP contribution in [0, 0.1) is 0 Å². The molecular formula is C24H21N3O6.